The van der Waals surface area contributed by atoms with Gasteiger partial charge in [0, 0.05) is 37.5 Å². The van der Waals surface area contributed by atoms with Crippen LogP contribution in [0.5, 0.6) is 0 Å². The summed E-state index contributed by atoms with van der Waals surface area (Å²) in [5.41, 5.74) is 2.32. The first-order valence-electron chi connectivity index (χ1n) is 10.2. The Bertz CT molecular complexity index is 1420. The minimum Gasteiger partial charge on any atom is -0.352 e. The molecule has 4 aromatic heterocycles. The second kappa shape index (κ2) is 8.15. The first-order valence-corrected chi connectivity index (χ1v) is 10.2. The molecule has 0 spiro atoms. The molecule has 1 aliphatic heterocycles. The molecule has 0 aromatic carbocycles. The van der Waals surface area contributed by atoms with Crippen molar-refractivity contribution in [1.82, 2.24) is 24.6 Å². The molecule has 5 rings (SSSR count). The average molecular weight is 453 g/mol. The lowest BCUT2D eigenvalue weighted by molar-refractivity contribution is 0.146. The van der Waals surface area contributed by atoms with Gasteiger partial charge in [-0.2, -0.15) is 4.52 Å². The summed E-state index contributed by atoms with van der Waals surface area (Å²) in [6.07, 6.45) is 2.09. The molecule has 1 aliphatic rings. The van der Waals surface area contributed by atoms with Gasteiger partial charge in [-0.3, -0.25) is 14.8 Å². The molecule has 33 heavy (non-hydrogen) atoms. The third-order valence-corrected chi connectivity index (χ3v) is 5.45. The van der Waals surface area contributed by atoms with Gasteiger partial charge < -0.3 is 10.2 Å². The number of anilines is 3. The van der Waals surface area contributed by atoms with Gasteiger partial charge in [-0.1, -0.05) is 0 Å². The number of pyridine rings is 2. The van der Waals surface area contributed by atoms with Crippen molar-refractivity contribution in [2.45, 2.75) is 26.3 Å². The molecule has 0 amide bonds. The van der Waals surface area contributed by atoms with E-state index in [9.17, 15) is 18.0 Å². The van der Waals surface area contributed by atoms with Crippen LogP contribution in [-0.2, 0) is 13.0 Å². The van der Waals surface area contributed by atoms with Crippen LogP contribution in [0, 0.1) is 12.7 Å². The van der Waals surface area contributed by atoms with Crippen molar-refractivity contribution in [2.75, 3.05) is 16.8 Å². The van der Waals surface area contributed by atoms with Gasteiger partial charge in [0.1, 0.15) is 5.69 Å². The Balaban J connectivity index is 1.46. The second-order valence-electron chi connectivity index (χ2n) is 7.72. The highest BCUT2D eigenvalue weighted by molar-refractivity contribution is 5.61. The number of alkyl halides is 2. The van der Waals surface area contributed by atoms with Crippen LogP contribution in [0.15, 0.2) is 47.7 Å². The molecule has 4 aromatic rings. The van der Waals surface area contributed by atoms with Crippen molar-refractivity contribution in [2.24, 2.45) is 0 Å². The molecule has 0 radical (unpaired) electrons. The van der Waals surface area contributed by atoms with Crippen molar-refractivity contribution in [3.8, 4) is 0 Å². The molecule has 0 atom stereocenters. The minimum absolute atomic E-state index is 0.0731. The first kappa shape index (κ1) is 20.9. The summed E-state index contributed by atoms with van der Waals surface area (Å²) in [6.45, 7) is 2.87. The third kappa shape index (κ3) is 3.97. The summed E-state index contributed by atoms with van der Waals surface area (Å²) in [6, 6.07) is 5.81. The second-order valence-corrected chi connectivity index (χ2v) is 7.72. The summed E-state index contributed by atoms with van der Waals surface area (Å²) in [4.78, 5) is 26.4. The van der Waals surface area contributed by atoms with E-state index in [1.54, 1.807) is 19.2 Å². The van der Waals surface area contributed by atoms with Gasteiger partial charge in [-0.15, -0.1) is 5.10 Å². The Hall–Kier alpha value is -4.02. The Labute approximate surface area is 185 Å². The molecule has 8 nitrogen and oxygen atoms in total. The van der Waals surface area contributed by atoms with E-state index in [1.165, 1.54) is 12.3 Å². The predicted octanol–water partition coefficient (Wildman–Crippen LogP) is 3.57. The third-order valence-electron chi connectivity index (χ3n) is 5.45. The minimum atomic E-state index is -2.84. The largest absolute Gasteiger partial charge is 0.352 e. The zero-order valence-electron chi connectivity index (χ0n) is 17.5. The molecule has 0 bridgehead atoms. The van der Waals surface area contributed by atoms with Crippen LogP contribution in [0.4, 0.5) is 30.4 Å². The fourth-order valence-electron chi connectivity index (χ4n) is 3.87. The van der Waals surface area contributed by atoms with E-state index in [1.807, 2.05) is 11.0 Å². The van der Waals surface area contributed by atoms with Crippen molar-refractivity contribution in [1.29, 1.82) is 0 Å². The van der Waals surface area contributed by atoms with E-state index in [0.717, 1.165) is 28.0 Å². The van der Waals surface area contributed by atoms with Crippen molar-refractivity contribution in [3.63, 3.8) is 0 Å². The predicted molar refractivity (Wildman–Crippen MR) is 115 cm³/mol. The SMILES string of the molecule is Cc1cc2nc(C(F)F)cc(=O)n2nc1N1CCc2ncc(Nc3ccncc3F)cc2C1. The van der Waals surface area contributed by atoms with Crippen LogP contribution in [0.25, 0.3) is 5.65 Å². The lowest BCUT2D eigenvalue weighted by Gasteiger charge is -2.30. The maximum atomic E-state index is 13.9. The van der Waals surface area contributed by atoms with Gasteiger partial charge in [0.15, 0.2) is 17.3 Å². The number of halogens is 3. The standard InChI is InChI=1S/C22H18F3N7O/c1-12-6-19-29-18(21(24)25)8-20(33)32(19)30-22(12)31-5-3-16-13(11-31)7-14(9-27-16)28-17-2-4-26-10-15(17)23/h2,4,6-10,21H,3,5,11H2,1H3,(H,26,28). The monoisotopic (exact) mass is 453 g/mol. The van der Waals surface area contributed by atoms with E-state index in [4.69, 9.17) is 0 Å². The smallest absolute Gasteiger partial charge is 0.280 e. The summed E-state index contributed by atoms with van der Waals surface area (Å²) in [7, 11) is 0. The Morgan fingerprint density at radius 3 is 2.82 bits per heavy atom. The fourth-order valence-corrected chi connectivity index (χ4v) is 3.87. The fraction of sp³-hybridized carbons (Fsp3) is 0.227. The number of aromatic nitrogens is 5. The highest BCUT2D eigenvalue weighted by atomic mass is 19.3. The molecule has 11 heteroatoms. The maximum Gasteiger partial charge on any atom is 0.280 e. The summed E-state index contributed by atoms with van der Waals surface area (Å²) in [5, 5.41) is 7.41. The number of hydrogen-bond acceptors (Lipinski definition) is 7. The van der Waals surface area contributed by atoms with Crippen LogP contribution >= 0.6 is 0 Å². The summed E-state index contributed by atoms with van der Waals surface area (Å²) in [5.74, 6) is 0.0854. The molecule has 0 unspecified atom stereocenters. The van der Waals surface area contributed by atoms with Crippen molar-refractivity contribution >= 4 is 22.8 Å². The van der Waals surface area contributed by atoms with Crippen molar-refractivity contribution < 1.29 is 13.2 Å². The van der Waals surface area contributed by atoms with Crippen LogP contribution in [0.2, 0.25) is 0 Å². The van der Waals surface area contributed by atoms with Gasteiger partial charge in [0.05, 0.1) is 23.8 Å². The van der Waals surface area contributed by atoms with Gasteiger partial charge >= 0.3 is 0 Å². The van der Waals surface area contributed by atoms with E-state index < -0.39 is 23.5 Å². The lowest BCUT2D eigenvalue weighted by atomic mass is 10.0. The Morgan fingerprint density at radius 1 is 1.18 bits per heavy atom. The summed E-state index contributed by atoms with van der Waals surface area (Å²) < 4.78 is 41.0. The quantitative estimate of drug-likeness (QED) is 0.505. The van der Waals surface area contributed by atoms with Crippen LogP contribution < -0.4 is 15.8 Å². The Morgan fingerprint density at radius 2 is 2.03 bits per heavy atom. The van der Waals surface area contributed by atoms with Crippen molar-refractivity contribution in [3.05, 3.63) is 81.5 Å². The van der Waals surface area contributed by atoms with E-state index in [0.29, 0.717) is 42.3 Å². The molecule has 0 saturated carbocycles. The lowest BCUT2D eigenvalue weighted by Crippen LogP contribution is -2.33. The highest BCUT2D eigenvalue weighted by Crippen LogP contribution is 2.28. The summed E-state index contributed by atoms with van der Waals surface area (Å²) >= 11 is 0. The van der Waals surface area contributed by atoms with Gasteiger partial charge in [0.25, 0.3) is 12.0 Å². The maximum absolute atomic E-state index is 13.9. The first-order chi connectivity index (χ1) is 15.9. The van der Waals surface area contributed by atoms with Gasteiger partial charge in [0.2, 0.25) is 0 Å². The van der Waals surface area contributed by atoms with E-state index in [-0.39, 0.29) is 5.65 Å². The number of nitrogens with zero attached hydrogens (tertiary/aromatic N) is 6. The molecule has 5 heterocycles. The number of rotatable bonds is 4. The van der Waals surface area contributed by atoms with Gasteiger partial charge in [-0.25, -0.2) is 18.2 Å². The molecule has 0 aliphatic carbocycles. The molecule has 1 N–H and O–H groups in total. The number of nitrogens with one attached hydrogen (secondary N) is 1. The number of fused-ring (bicyclic) bond motifs is 2. The zero-order chi connectivity index (χ0) is 23.1. The molecule has 0 fully saturated rings. The van der Waals surface area contributed by atoms with E-state index in [2.05, 4.69) is 25.4 Å². The molecule has 168 valence electrons. The Kier molecular flexibility index (Phi) is 5.15. The number of hydrogen-bond donors (Lipinski definition) is 1. The molecular weight excluding hydrogens is 435 g/mol. The van der Waals surface area contributed by atoms with Gasteiger partial charge in [-0.05, 0) is 36.2 Å². The van der Waals surface area contributed by atoms with Crippen LogP contribution in [-0.4, -0.2) is 31.1 Å². The molecule has 0 saturated heterocycles. The number of aryl methyl sites for hydroxylation is 1. The van der Waals surface area contributed by atoms with E-state index >= 15 is 0 Å². The van der Waals surface area contributed by atoms with Crippen LogP contribution in [0.3, 0.4) is 0 Å². The zero-order valence-corrected chi connectivity index (χ0v) is 17.5. The average Bonchev–Trinajstić information content (AvgIpc) is 2.79. The molecular formula is C22H18F3N7O. The highest BCUT2D eigenvalue weighted by Gasteiger charge is 2.22. The normalized spacial score (nSPS) is 13.4. The van der Waals surface area contributed by atoms with Crippen LogP contribution in [0.1, 0.15) is 28.9 Å². The topological polar surface area (TPSA) is 88.3 Å².